The molecule has 0 saturated heterocycles. The molecule has 0 amide bonds. The summed E-state index contributed by atoms with van der Waals surface area (Å²) in [7, 11) is -2.29. The van der Waals surface area contributed by atoms with Crippen molar-refractivity contribution in [1.29, 1.82) is 5.26 Å². The molecular weight excluding hydrogens is 360 g/mol. The van der Waals surface area contributed by atoms with Crippen molar-refractivity contribution in [2.45, 2.75) is 4.90 Å². The maximum absolute atomic E-state index is 12.5. The van der Waals surface area contributed by atoms with E-state index in [1.807, 2.05) is 0 Å². The highest BCUT2D eigenvalue weighted by molar-refractivity contribution is 8.13. The third kappa shape index (κ3) is 4.89. The molecule has 9 heteroatoms. The maximum atomic E-state index is 12.5. The smallest absolute Gasteiger partial charge is 0.262 e. The summed E-state index contributed by atoms with van der Waals surface area (Å²) in [4.78, 5) is 4.31. The molecule has 0 saturated carbocycles. The van der Waals surface area contributed by atoms with E-state index in [2.05, 4.69) is 15.0 Å². The lowest BCUT2D eigenvalue weighted by Crippen LogP contribution is -2.13. The molecule has 2 N–H and O–H groups in total. The van der Waals surface area contributed by atoms with Gasteiger partial charge in [0, 0.05) is 0 Å². The van der Waals surface area contributed by atoms with Crippen LogP contribution in [0.2, 0.25) is 0 Å². The van der Waals surface area contributed by atoms with E-state index in [1.165, 1.54) is 31.0 Å². The number of nitrogens with zero attached hydrogens (tertiary/aromatic N) is 2. The van der Waals surface area contributed by atoms with Crippen LogP contribution in [0, 0.1) is 11.5 Å². The van der Waals surface area contributed by atoms with Crippen LogP contribution < -0.4 is 14.8 Å². The fourth-order valence-corrected chi connectivity index (χ4v) is 3.34. The summed E-state index contributed by atoms with van der Waals surface area (Å²) in [5.74, 6) is 0.430. The molecule has 2 aromatic rings. The summed E-state index contributed by atoms with van der Waals surface area (Å²) in [6, 6.07) is 12.8. The summed E-state index contributed by atoms with van der Waals surface area (Å²) in [6.45, 7) is 0. The Kier molecular flexibility index (Phi) is 6.27. The molecule has 7 nitrogen and oxygen atoms in total. The number of aliphatic imine (C=N–C) groups is 1. The molecule has 25 heavy (non-hydrogen) atoms. The van der Waals surface area contributed by atoms with Gasteiger partial charge in [-0.15, -0.1) is 0 Å². The Bertz CT molecular complexity index is 904. The van der Waals surface area contributed by atoms with Crippen molar-refractivity contribution in [3.63, 3.8) is 0 Å². The second-order valence-electron chi connectivity index (χ2n) is 4.66. The summed E-state index contributed by atoms with van der Waals surface area (Å²) in [5.41, 5.74) is 0.887. The van der Waals surface area contributed by atoms with E-state index in [4.69, 9.17) is 10.00 Å². The van der Waals surface area contributed by atoms with Crippen LogP contribution in [-0.4, -0.2) is 27.0 Å². The molecule has 0 aliphatic carbocycles. The second kappa shape index (κ2) is 8.41. The van der Waals surface area contributed by atoms with Gasteiger partial charge in [0.1, 0.15) is 5.75 Å². The lowest BCUT2D eigenvalue weighted by Gasteiger charge is -2.11. The van der Waals surface area contributed by atoms with Gasteiger partial charge >= 0.3 is 0 Å². The fraction of sp³-hybridized carbons (Fsp3) is 0.125. The Morgan fingerprint density at radius 3 is 2.48 bits per heavy atom. The van der Waals surface area contributed by atoms with Gasteiger partial charge < -0.3 is 4.74 Å². The number of para-hydroxylation sites is 2. The molecular formula is C16H16N4O3S2. The van der Waals surface area contributed by atoms with Crippen LogP contribution in [0.25, 0.3) is 0 Å². The molecule has 0 radical (unpaired) electrons. The number of sulfonamides is 1. The van der Waals surface area contributed by atoms with Crippen molar-refractivity contribution in [2.24, 2.45) is 4.99 Å². The number of nitriles is 1. The first-order chi connectivity index (χ1) is 12.0. The highest BCUT2D eigenvalue weighted by atomic mass is 32.2. The number of thioether (sulfide) groups is 1. The molecule has 0 fully saturated rings. The molecule has 130 valence electrons. The first-order valence-corrected chi connectivity index (χ1v) is 9.74. The topological polar surface area (TPSA) is 104 Å². The number of hydrogen-bond donors (Lipinski definition) is 2. The van der Waals surface area contributed by atoms with Gasteiger partial charge in [-0.25, -0.2) is 13.4 Å². The third-order valence-corrected chi connectivity index (χ3v) is 5.05. The molecule has 2 rings (SSSR count). The maximum Gasteiger partial charge on any atom is 0.262 e. The van der Waals surface area contributed by atoms with Crippen molar-refractivity contribution in [2.75, 3.05) is 18.1 Å². The lowest BCUT2D eigenvalue weighted by molar-refractivity contribution is 0.417. The number of anilines is 1. The molecule has 0 spiro atoms. The van der Waals surface area contributed by atoms with Crippen LogP contribution in [0.4, 0.5) is 11.4 Å². The zero-order valence-electron chi connectivity index (χ0n) is 13.6. The normalized spacial score (nSPS) is 11.5. The zero-order valence-corrected chi connectivity index (χ0v) is 15.2. The second-order valence-corrected chi connectivity index (χ2v) is 7.13. The average Bonchev–Trinajstić information content (AvgIpc) is 2.62. The molecule has 0 aliphatic heterocycles. The van der Waals surface area contributed by atoms with Gasteiger partial charge in [0.25, 0.3) is 10.0 Å². The molecule has 0 unspecified atom stereocenters. The minimum atomic E-state index is -3.76. The SMILES string of the molecule is COc1ccccc1NS(=O)(=O)c1ccc(N=C(NC#N)SC)cc1. The number of methoxy groups -OCH3 is 1. The van der Waals surface area contributed by atoms with E-state index in [0.717, 1.165) is 0 Å². The number of benzene rings is 2. The minimum absolute atomic E-state index is 0.0938. The fourth-order valence-electron chi connectivity index (χ4n) is 1.92. The van der Waals surface area contributed by atoms with Crippen LogP contribution in [0.3, 0.4) is 0 Å². The van der Waals surface area contributed by atoms with E-state index in [9.17, 15) is 8.42 Å². The molecule has 0 aliphatic rings. The first kappa shape index (κ1) is 18.6. The van der Waals surface area contributed by atoms with E-state index in [1.54, 1.807) is 48.8 Å². The molecule has 0 heterocycles. The zero-order chi connectivity index (χ0) is 18.3. The standard InChI is InChI=1S/C16H16N4O3S2/c1-23-15-6-4-3-5-14(15)20-25(21,22)13-9-7-12(8-10-13)19-16(24-2)18-11-17/h3-10,20H,1-2H3,(H,18,19). The van der Waals surface area contributed by atoms with Crippen molar-refractivity contribution in [3.05, 3.63) is 48.5 Å². The van der Waals surface area contributed by atoms with Crippen molar-refractivity contribution in [3.8, 4) is 11.9 Å². The monoisotopic (exact) mass is 376 g/mol. The van der Waals surface area contributed by atoms with Crippen LogP contribution >= 0.6 is 11.8 Å². The van der Waals surface area contributed by atoms with Gasteiger partial charge in [-0.05, 0) is 42.7 Å². The Morgan fingerprint density at radius 1 is 1.20 bits per heavy atom. The van der Waals surface area contributed by atoms with Gasteiger partial charge in [-0.2, -0.15) is 5.26 Å². The predicted octanol–water partition coefficient (Wildman–Crippen LogP) is 2.92. The quantitative estimate of drug-likeness (QED) is 0.360. The Labute approximate surface area is 150 Å². The number of ether oxygens (including phenoxy) is 1. The summed E-state index contributed by atoms with van der Waals surface area (Å²) in [6.07, 6.45) is 3.57. The van der Waals surface area contributed by atoms with Crippen LogP contribution in [0.1, 0.15) is 0 Å². The first-order valence-electron chi connectivity index (χ1n) is 7.04. The van der Waals surface area contributed by atoms with Crippen molar-refractivity contribution < 1.29 is 13.2 Å². The van der Waals surface area contributed by atoms with Gasteiger partial charge in [-0.1, -0.05) is 23.9 Å². The third-order valence-electron chi connectivity index (χ3n) is 3.09. The highest BCUT2D eigenvalue weighted by Crippen LogP contribution is 2.26. The molecule has 0 aromatic heterocycles. The molecule has 0 bridgehead atoms. The van der Waals surface area contributed by atoms with Crippen LogP contribution in [0.15, 0.2) is 58.4 Å². The number of nitrogens with one attached hydrogen (secondary N) is 2. The van der Waals surface area contributed by atoms with E-state index in [-0.39, 0.29) is 4.90 Å². The summed E-state index contributed by atoms with van der Waals surface area (Å²) < 4.78 is 32.6. The van der Waals surface area contributed by atoms with Gasteiger partial charge in [0.2, 0.25) is 0 Å². The van der Waals surface area contributed by atoms with Gasteiger partial charge in [0.15, 0.2) is 11.4 Å². The average molecular weight is 376 g/mol. The van der Waals surface area contributed by atoms with E-state index < -0.39 is 10.0 Å². The molecule has 0 atom stereocenters. The van der Waals surface area contributed by atoms with Crippen molar-refractivity contribution in [1.82, 2.24) is 5.32 Å². The largest absolute Gasteiger partial charge is 0.495 e. The lowest BCUT2D eigenvalue weighted by atomic mass is 10.3. The number of rotatable bonds is 5. The van der Waals surface area contributed by atoms with E-state index >= 15 is 0 Å². The van der Waals surface area contributed by atoms with E-state index in [0.29, 0.717) is 22.3 Å². The predicted molar refractivity (Wildman–Crippen MR) is 99.6 cm³/mol. The number of amidine groups is 1. The summed E-state index contributed by atoms with van der Waals surface area (Å²) in [5, 5.41) is 11.5. The minimum Gasteiger partial charge on any atom is -0.495 e. The summed E-state index contributed by atoms with van der Waals surface area (Å²) >= 11 is 1.28. The number of hydrogen-bond acceptors (Lipinski definition) is 6. The highest BCUT2D eigenvalue weighted by Gasteiger charge is 2.16. The van der Waals surface area contributed by atoms with Crippen LogP contribution in [0.5, 0.6) is 5.75 Å². The Balaban J connectivity index is 2.25. The van der Waals surface area contributed by atoms with Gasteiger partial charge in [0.05, 0.1) is 23.4 Å². The van der Waals surface area contributed by atoms with Crippen LogP contribution in [-0.2, 0) is 10.0 Å². The molecule has 2 aromatic carbocycles. The Hall–Kier alpha value is -2.70. The Morgan fingerprint density at radius 2 is 1.88 bits per heavy atom. The van der Waals surface area contributed by atoms with Gasteiger partial charge in [-0.3, -0.25) is 10.0 Å². The van der Waals surface area contributed by atoms with Crippen molar-refractivity contribution >= 4 is 38.3 Å².